The maximum Gasteiger partial charge on any atom is 0.328 e. The van der Waals surface area contributed by atoms with Gasteiger partial charge in [-0.15, -0.1) is 22.7 Å². The highest BCUT2D eigenvalue weighted by Crippen LogP contribution is 2.49. The zero-order chi connectivity index (χ0) is 21.4. The Kier molecular flexibility index (Phi) is 5.30. The summed E-state index contributed by atoms with van der Waals surface area (Å²) in [6.45, 7) is 2.20. The van der Waals surface area contributed by atoms with Crippen molar-refractivity contribution >= 4 is 56.1 Å². The number of benzene rings is 2. The van der Waals surface area contributed by atoms with E-state index in [1.165, 1.54) is 50.8 Å². The molecule has 2 aromatic heterocycles. The SMILES string of the molecule is Cc1sccc1C(=C(c1ccc(C=CC(=O)O)cc1)c1ccc2scnc2c1)C1CC1. The number of carbonyl (C=O) groups is 1. The summed E-state index contributed by atoms with van der Waals surface area (Å²) in [5, 5.41) is 11.1. The third-order valence-corrected chi connectivity index (χ3v) is 7.30. The van der Waals surface area contributed by atoms with Gasteiger partial charge in [0, 0.05) is 11.0 Å². The van der Waals surface area contributed by atoms with E-state index in [9.17, 15) is 4.79 Å². The van der Waals surface area contributed by atoms with Crippen LogP contribution in [0.5, 0.6) is 0 Å². The Balaban J connectivity index is 1.71. The lowest BCUT2D eigenvalue weighted by molar-refractivity contribution is -0.131. The van der Waals surface area contributed by atoms with Crippen molar-refractivity contribution in [1.82, 2.24) is 4.98 Å². The number of allylic oxidation sites excluding steroid dienone is 1. The number of nitrogens with zero attached hydrogens (tertiary/aromatic N) is 1. The second-order valence-corrected chi connectivity index (χ2v) is 9.79. The van der Waals surface area contributed by atoms with Crippen LogP contribution in [0.4, 0.5) is 0 Å². The third kappa shape index (κ3) is 4.11. The van der Waals surface area contributed by atoms with Gasteiger partial charge in [-0.1, -0.05) is 30.3 Å². The van der Waals surface area contributed by atoms with Crippen molar-refractivity contribution in [3.05, 3.63) is 92.6 Å². The number of carboxylic acid groups (broad SMARTS) is 1. The molecule has 0 spiro atoms. The van der Waals surface area contributed by atoms with Gasteiger partial charge in [-0.25, -0.2) is 9.78 Å². The number of aliphatic carboxylic acids is 1. The average Bonchev–Trinajstić information content (AvgIpc) is 3.34. The molecule has 0 atom stereocenters. The number of hydrogen-bond donors (Lipinski definition) is 1. The predicted octanol–water partition coefficient (Wildman–Crippen LogP) is 7.13. The zero-order valence-corrected chi connectivity index (χ0v) is 18.7. The number of carboxylic acids is 1. The first-order valence-electron chi connectivity index (χ1n) is 10.2. The lowest BCUT2D eigenvalue weighted by Crippen LogP contribution is -1.98. The third-order valence-electron chi connectivity index (χ3n) is 5.64. The minimum atomic E-state index is -0.940. The zero-order valence-electron chi connectivity index (χ0n) is 17.0. The summed E-state index contributed by atoms with van der Waals surface area (Å²) in [6.07, 6.45) is 5.23. The maximum absolute atomic E-state index is 10.9. The van der Waals surface area contributed by atoms with E-state index in [0.717, 1.165) is 16.6 Å². The molecule has 2 heterocycles. The van der Waals surface area contributed by atoms with Gasteiger partial charge < -0.3 is 5.11 Å². The molecule has 0 aliphatic heterocycles. The second kappa shape index (κ2) is 8.25. The van der Waals surface area contributed by atoms with Crippen LogP contribution in [0.2, 0.25) is 0 Å². The first-order valence-corrected chi connectivity index (χ1v) is 12.0. The Morgan fingerprint density at radius 3 is 2.52 bits per heavy atom. The molecular formula is C26H21NO2S2. The maximum atomic E-state index is 10.9. The Hall–Kier alpha value is -3.02. The molecular weight excluding hydrogens is 422 g/mol. The van der Waals surface area contributed by atoms with Gasteiger partial charge in [0.05, 0.1) is 15.7 Å². The van der Waals surface area contributed by atoms with E-state index in [4.69, 9.17) is 5.11 Å². The highest BCUT2D eigenvalue weighted by molar-refractivity contribution is 7.16. The van der Waals surface area contributed by atoms with E-state index in [2.05, 4.69) is 53.7 Å². The summed E-state index contributed by atoms with van der Waals surface area (Å²) in [5.74, 6) is -0.369. The van der Waals surface area contributed by atoms with Gasteiger partial charge in [-0.2, -0.15) is 0 Å². The van der Waals surface area contributed by atoms with Gasteiger partial charge in [0.15, 0.2) is 0 Å². The number of fused-ring (bicyclic) bond motifs is 1. The van der Waals surface area contributed by atoms with Crippen LogP contribution < -0.4 is 0 Å². The van der Waals surface area contributed by atoms with E-state index in [0.29, 0.717) is 5.92 Å². The molecule has 0 saturated heterocycles. The van der Waals surface area contributed by atoms with Crippen molar-refractivity contribution in [1.29, 1.82) is 0 Å². The second-order valence-electron chi connectivity index (χ2n) is 7.78. The minimum Gasteiger partial charge on any atom is -0.478 e. The normalized spacial score (nSPS) is 14.9. The number of thiazole rings is 1. The molecule has 4 aromatic rings. The Bertz CT molecular complexity index is 1320. The fourth-order valence-corrected chi connectivity index (χ4v) is 5.39. The molecule has 1 aliphatic rings. The number of rotatable bonds is 6. The van der Waals surface area contributed by atoms with Crippen LogP contribution in [0.15, 0.2) is 65.5 Å². The average molecular weight is 444 g/mol. The number of hydrogen-bond acceptors (Lipinski definition) is 4. The molecule has 154 valence electrons. The van der Waals surface area contributed by atoms with Gasteiger partial charge in [0.25, 0.3) is 0 Å². The van der Waals surface area contributed by atoms with Gasteiger partial charge in [0.2, 0.25) is 0 Å². The van der Waals surface area contributed by atoms with E-state index >= 15 is 0 Å². The summed E-state index contributed by atoms with van der Waals surface area (Å²) < 4.78 is 1.19. The summed E-state index contributed by atoms with van der Waals surface area (Å²) in [5.41, 5.74) is 10.1. The van der Waals surface area contributed by atoms with Crippen LogP contribution in [0.1, 0.15) is 40.0 Å². The highest BCUT2D eigenvalue weighted by atomic mass is 32.1. The Morgan fingerprint density at radius 2 is 1.84 bits per heavy atom. The van der Waals surface area contributed by atoms with Crippen LogP contribution in [-0.2, 0) is 4.79 Å². The summed E-state index contributed by atoms with van der Waals surface area (Å²) in [4.78, 5) is 16.7. The van der Waals surface area contributed by atoms with Crippen LogP contribution in [-0.4, -0.2) is 16.1 Å². The summed E-state index contributed by atoms with van der Waals surface area (Å²) >= 11 is 3.45. The van der Waals surface area contributed by atoms with Crippen LogP contribution in [0.3, 0.4) is 0 Å². The van der Waals surface area contributed by atoms with Crippen molar-refractivity contribution < 1.29 is 9.90 Å². The quantitative estimate of drug-likeness (QED) is 0.322. The first kappa shape index (κ1) is 19.9. The molecule has 1 saturated carbocycles. The van der Waals surface area contributed by atoms with Gasteiger partial charge in [0.1, 0.15) is 0 Å². The lowest BCUT2D eigenvalue weighted by Gasteiger charge is -2.17. The summed E-state index contributed by atoms with van der Waals surface area (Å²) in [6, 6.07) is 17.0. The Labute approximate surface area is 189 Å². The lowest BCUT2D eigenvalue weighted by atomic mass is 9.87. The molecule has 5 rings (SSSR count). The topological polar surface area (TPSA) is 50.2 Å². The van der Waals surface area contributed by atoms with Crippen molar-refractivity contribution in [3.63, 3.8) is 0 Å². The minimum absolute atomic E-state index is 0.570. The van der Waals surface area contributed by atoms with Crippen LogP contribution in [0, 0.1) is 12.8 Å². The van der Waals surface area contributed by atoms with Crippen LogP contribution >= 0.6 is 22.7 Å². The van der Waals surface area contributed by atoms with Gasteiger partial charge in [-0.05, 0) is 88.7 Å². The van der Waals surface area contributed by atoms with Crippen molar-refractivity contribution in [2.45, 2.75) is 19.8 Å². The molecule has 0 amide bonds. The van der Waals surface area contributed by atoms with Gasteiger partial charge in [-0.3, -0.25) is 0 Å². The molecule has 3 nitrogen and oxygen atoms in total. The molecule has 0 bridgehead atoms. The number of aryl methyl sites for hydroxylation is 1. The van der Waals surface area contributed by atoms with Crippen LogP contribution in [0.25, 0.3) is 27.4 Å². The molecule has 1 aliphatic carbocycles. The van der Waals surface area contributed by atoms with E-state index in [-0.39, 0.29) is 0 Å². The monoisotopic (exact) mass is 443 g/mol. The van der Waals surface area contributed by atoms with E-state index in [1.54, 1.807) is 28.7 Å². The smallest absolute Gasteiger partial charge is 0.328 e. The molecule has 0 unspecified atom stereocenters. The van der Waals surface area contributed by atoms with Crippen molar-refractivity contribution in [2.24, 2.45) is 5.92 Å². The fourth-order valence-electron chi connectivity index (χ4n) is 4.01. The molecule has 1 N–H and O–H groups in total. The van der Waals surface area contributed by atoms with Gasteiger partial charge >= 0.3 is 5.97 Å². The molecule has 2 aromatic carbocycles. The highest BCUT2D eigenvalue weighted by Gasteiger charge is 2.31. The standard InChI is InChI=1S/C26H21NO2S2/c1-16-21(12-13-30-16)26(19-7-8-19)25(20-9-10-23-22(14-20)27-15-31-23)18-5-2-17(3-6-18)4-11-24(28)29/h2-6,9-15,19H,7-8H2,1H3,(H,28,29). The summed E-state index contributed by atoms with van der Waals surface area (Å²) in [7, 11) is 0. The van der Waals surface area contributed by atoms with E-state index in [1.807, 2.05) is 17.6 Å². The largest absolute Gasteiger partial charge is 0.478 e. The van der Waals surface area contributed by atoms with Crippen molar-refractivity contribution in [2.75, 3.05) is 0 Å². The predicted molar refractivity (Wildman–Crippen MR) is 130 cm³/mol. The first-order chi connectivity index (χ1) is 15.1. The Morgan fingerprint density at radius 1 is 1.06 bits per heavy atom. The molecule has 0 radical (unpaired) electrons. The number of aromatic nitrogens is 1. The number of thiophene rings is 1. The van der Waals surface area contributed by atoms with E-state index < -0.39 is 5.97 Å². The fraction of sp³-hybridized carbons (Fsp3) is 0.154. The molecule has 31 heavy (non-hydrogen) atoms. The molecule has 5 heteroatoms. The molecule has 1 fully saturated rings. The van der Waals surface area contributed by atoms with Crippen molar-refractivity contribution in [3.8, 4) is 0 Å².